The molecule has 6 nitrogen and oxygen atoms in total. The Hall–Kier alpha value is -3.97. The van der Waals surface area contributed by atoms with E-state index in [1.165, 1.54) is 10.1 Å². The molecule has 0 bridgehead atoms. The maximum atomic E-state index is 13.4. The minimum absolute atomic E-state index is 0.0623. The molecule has 7 heteroatoms. The van der Waals surface area contributed by atoms with E-state index >= 15 is 0 Å². The van der Waals surface area contributed by atoms with Gasteiger partial charge in [0.25, 0.3) is 5.56 Å². The summed E-state index contributed by atoms with van der Waals surface area (Å²) in [4.78, 5) is 18.1. The number of rotatable bonds is 8. The molecule has 4 aromatic carbocycles. The van der Waals surface area contributed by atoms with Gasteiger partial charge < -0.3 is 9.47 Å². The average molecular weight is 570 g/mol. The Morgan fingerprint density at radius 1 is 1.00 bits per heavy atom. The number of ether oxygens (including phenoxy) is 2. The van der Waals surface area contributed by atoms with Gasteiger partial charge in [-0.05, 0) is 64.7 Å². The summed E-state index contributed by atoms with van der Waals surface area (Å²) in [7, 11) is 1.61. The average Bonchev–Trinajstić information content (AvgIpc) is 2.95. The third-order valence-electron chi connectivity index (χ3n) is 6.66. The van der Waals surface area contributed by atoms with E-state index in [0.29, 0.717) is 34.8 Å². The first-order chi connectivity index (χ1) is 18.5. The standard InChI is InChI=1S/C31H28BrN3O3/c1-4-20(2)30-34-27-14-13-24(32)17-26(27)31(36)35(30)33-18-21-12-15-28(29(16-21)37-3)38-19-23-10-7-9-22-8-5-6-11-25(22)23/h5-18,20H,4,19H2,1-3H3/t20-/m0/s1. The Morgan fingerprint density at radius 3 is 2.63 bits per heavy atom. The van der Waals surface area contributed by atoms with Crippen LogP contribution in [0.1, 0.15) is 43.1 Å². The zero-order valence-corrected chi connectivity index (χ0v) is 23.1. The highest BCUT2D eigenvalue weighted by atomic mass is 79.9. The van der Waals surface area contributed by atoms with Crippen molar-refractivity contribution in [2.75, 3.05) is 7.11 Å². The molecule has 0 unspecified atom stereocenters. The van der Waals surface area contributed by atoms with Gasteiger partial charge in [0.2, 0.25) is 0 Å². The van der Waals surface area contributed by atoms with Gasteiger partial charge in [0.05, 0.1) is 24.2 Å². The van der Waals surface area contributed by atoms with Crippen molar-refractivity contribution in [2.24, 2.45) is 5.10 Å². The second-order valence-electron chi connectivity index (χ2n) is 9.14. The summed E-state index contributed by atoms with van der Waals surface area (Å²) in [6, 6.07) is 25.6. The van der Waals surface area contributed by atoms with Gasteiger partial charge in [0, 0.05) is 10.4 Å². The molecule has 0 N–H and O–H groups in total. The highest BCUT2D eigenvalue weighted by Gasteiger charge is 2.16. The Kier molecular flexibility index (Phi) is 7.56. The fourth-order valence-corrected chi connectivity index (χ4v) is 4.72. The van der Waals surface area contributed by atoms with E-state index in [1.54, 1.807) is 19.4 Å². The molecule has 0 aliphatic carbocycles. The first kappa shape index (κ1) is 25.7. The number of hydrogen-bond donors (Lipinski definition) is 0. The van der Waals surface area contributed by atoms with Crippen LogP contribution in [0.5, 0.6) is 11.5 Å². The summed E-state index contributed by atoms with van der Waals surface area (Å²) in [5.41, 5.74) is 2.33. The topological polar surface area (TPSA) is 65.7 Å². The Bertz CT molecular complexity index is 1710. The van der Waals surface area contributed by atoms with Crippen molar-refractivity contribution in [3.05, 3.63) is 111 Å². The minimum Gasteiger partial charge on any atom is -0.493 e. The molecule has 0 saturated heterocycles. The molecule has 0 radical (unpaired) electrons. The number of halogens is 1. The number of fused-ring (bicyclic) bond motifs is 2. The van der Waals surface area contributed by atoms with Gasteiger partial charge >= 0.3 is 0 Å². The van der Waals surface area contributed by atoms with E-state index in [-0.39, 0.29) is 11.5 Å². The first-order valence-corrected chi connectivity index (χ1v) is 13.3. The lowest BCUT2D eigenvalue weighted by molar-refractivity contribution is 0.285. The molecule has 0 saturated carbocycles. The molecule has 0 amide bonds. The van der Waals surface area contributed by atoms with Crippen molar-refractivity contribution >= 4 is 43.8 Å². The monoisotopic (exact) mass is 569 g/mol. The lowest BCUT2D eigenvalue weighted by Crippen LogP contribution is -2.23. The molecule has 5 aromatic rings. The molecule has 0 fully saturated rings. The van der Waals surface area contributed by atoms with Crippen molar-refractivity contribution in [3.63, 3.8) is 0 Å². The van der Waals surface area contributed by atoms with E-state index < -0.39 is 0 Å². The molecule has 38 heavy (non-hydrogen) atoms. The van der Waals surface area contributed by atoms with Crippen LogP contribution < -0.4 is 15.0 Å². The Balaban J connectivity index is 1.44. The summed E-state index contributed by atoms with van der Waals surface area (Å²) >= 11 is 3.45. The van der Waals surface area contributed by atoms with E-state index in [1.807, 2.05) is 55.5 Å². The van der Waals surface area contributed by atoms with E-state index in [9.17, 15) is 4.79 Å². The molecule has 0 aliphatic heterocycles. The predicted octanol–water partition coefficient (Wildman–Crippen LogP) is 7.30. The molecule has 0 spiro atoms. The Labute approximate surface area is 229 Å². The summed E-state index contributed by atoms with van der Waals surface area (Å²) in [6.45, 7) is 4.53. The highest BCUT2D eigenvalue weighted by molar-refractivity contribution is 9.10. The van der Waals surface area contributed by atoms with Crippen LogP contribution in [-0.2, 0) is 6.61 Å². The largest absolute Gasteiger partial charge is 0.493 e. The van der Waals surface area contributed by atoms with Crippen LogP contribution in [-0.4, -0.2) is 23.0 Å². The minimum atomic E-state index is -0.204. The van der Waals surface area contributed by atoms with E-state index in [4.69, 9.17) is 14.5 Å². The van der Waals surface area contributed by atoms with Crippen LogP contribution in [0.2, 0.25) is 0 Å². The molecule has 1 aromatic heterocycles. The lowest BCUT2D eigenvalue weighted by Gasteiger charge is -2.14. The molecule has 1 atom stereocenters. The summed E-state index contributed by atoms with van der Waals surface area (Å²) in [5.74, 6) is 1.91. The van der Waals surface area contributed by atoms with Crippen molar-refractivity contribution in [2.45, 2.75) is 32.8 Å². The smallest absolute Gasteiger partial charge is 0.282 e. The second kappa shape index (κ2) is 11.2. The van der Waals surface area contributed by atoms with Gasteiger partial charge in [0.1, 0.15) is 12.4 Å². The fourth-order valence-electron chi connectivity index (χ4n) is 4.36. The van der Waals surface area contributed by atoms with Crippen LogP contribution in [0.25, 0.3) is 21.7 Å². The van der Waals surface area contributed by atoms with E-state index in [2.05, 4.69) is 52.2 Å². The zero-order valence-electron chi connectivity index (χ0n) is 21.5. The maximum absolute atomic E-state index is 13.4. The SMILES string of the molecule is CC[C@H](C)c1nc2ccc(Br)cc2c(=O)n1N=Cc1ccc(OCc2cccc3ccccc23)c(OC)c1. The predicted molar refractivity (Wildman–Crippen MR) is 157 cm³/mol. The van der Waals surface area contributed by atoms with E-state index in [0.717, 1.165) is 27.4 Å². The van der Waals surface area contributed by atoms with Gasteiger partial charge in [-0.25, -0.2) is 4.98 Å². The van der Waals surface area contributed by atoms with Gasteiger partial charge in [-0.2, -0.15) is 9.78 Å². The number of hydrogen-bond acceptors (Lipinski definition) is 5. The van der Waals surface area contributed by atoms with Gasteiger partial charge in [-0.1, -0.05) is 72.2 Å². The summed E-state index contributed by atoms with van der Waals surface area (Å²) in [6.07, 6.45) is 2.48. The number of aromatic nitrogens is 2. The number of benzene rings is 4. The molecule has 192 valence electrons. The van der Waals surface area contributed by atoms with Crippen molar-refractivity contribution in [1.29, 1.82) is 0 Å². The summed E-state index contributed by atoms with van der Waals surface area (Å²) in [5, 5.41) is 7.41. The van der Waals surface area contributed by atoms with Crippen LogP contribution in [0.4, 0.5) is 0 Å². The van der Waals surface area contributed by atoms with Crippen LogP contribution >= 0.6 is 15.9 Å². The molecule has 1 heterocycles. The molecule has 5 rings (SSSR count). The van der Waals surface area contributed by atoms with Crippen LogP contribution in [0, 0.1) is 0 Å². The van der Waals surface area contributed by atoms with Crippen molar-refractivity contribution < 1.29 is 9.47 Å². The second-order valence-corrected chi connectivity index (χ2v) is 10.1. The lowest BCUT2D eigenvalue weighted by atomic mass is 10.1. The summed E-state index contributed by atoms with van der Waals surface area (Å²) < 4.78 is 14.0. The van der Waals surface area contributed by atoms with Gasteiger partial charge in [0.15, 0.2) is 11.5 Å². The number of methoxy groups -OCH3 is 1. The van der Waals surface area contributed by atoms with Crippen LogP contribution in [0.15, 0.2) is 93.2 Å². The molecular formula is C31H28BrN3O3. The highest BCUT2D eigenvalue weighted by Crippen LogP contribution is 2.29. The molecule has 0 aliphatic rings. The maximum Gasteiger partial charge on any atom is 0.282 e. The van der Waals surface area contributed by atoms with Crippen molar-refractivity contribution in [3.8, 4) is 11.5 Å². The molecular weight excluding hydrogens is 542 g/mol. The van der Waals surface area contributed by atoms with Gasteiger partial charge in [-0.15, -0.1) is 0 Å². The Morgan fingerprint density at radius 2 is 1.82 bits per heavy atom. The fraction of sp³-hybridized carbons (Fsp3) is 0.194. The number of nitrogens with zero attached hydrogens (tertiary/aromatic N) is 3. The first-order valence-electron chi connectivity index (χ1n) is 12.5. The normalized spacial score (nSPS) is 12.3. The third kappa shape index (κ3) is 5.20. The third-order valence-corrected chi connectivity index (χ3v) is 7.15. The quantitative estimate of drug-likeness (QED) is 0.184. The van der Waals surface area contributed by atoms with Crippen LogP contribution in [0.3, 0.4) is 0 Å². The zero-order chi connectivity index (χ0) is 26.6. The van der Waals surface area contributed by atoms with Gasteiger partial charge in [-0.3, -0.25) is 4.79 Å². The van der Waals surface area contributed by atoms with Crippen molar-refractivity contribution in [1.82, 2.24) is 9.66 Å².